The maximum absolute atomic E-state index is 11.5. The third-order valence-corrected chi connectivity index (χ3v) is 3.26. The number of carboxylic acid groups (broad SMARTS) is 1. The van der Waals surface area contributed by atoms with Crippen LogP contribution in [0.3, 0.4) is 0 Å². The van der Waals surface area contributed by atoms with E-state index in [2.05, 4.69) is 9.97 Å². The van der Waals surface area contributed by atoms with E-state index in [-0.39, 0.29) is 5.69 Å². The molecule has 106 valence electrons. The molecule has 6 nitrogen and oxygen atoms in total. The molecule has 6 heteroatoms. The molecule has 0 spiro atoms. The van der Waals surface area contributed by atoms with Gasteiger partial charge in [-0.2, -0.15) is 4.98 Å². The van der Waals surface area contributed by atoms with E-state index in [9.17, 15) is 9.59 Å². The summed E-state index contributed by atoms with van der Waals surface area (Å²) in [5.41, 5.74) is 0.909. The van der Waals surface area contributed by atoms with Crippen LogP contribution in [0.25, 0.3) is 22.4 Å². The second-order valence-corrected chi connectivity index (χ2v) is 4.55. The van der Waals surface area contributed by atoms with Gasteiger partial charge in [-0.1, -0.05) is 25.1 Å². The number of fused-ring (bicyclic) bond motifs is 1. The predicted molar refractivity (Wildman–Crippen MR) is 76.4 cm³/mol. The van der Waals surface area contributed by atoms with Crippen LogP contribution in [0, 0.1) is 0 Å². The number of aromatic nitrogens is 2. The monoisotopic (exact) mass is 284 g/mol. The zero-order valence-electron chi connectivity index (χ0n) is 11.2. The van der Waals surface area contributed by atoms with Gasteiger partial charge in [0, 0.05) is 10.9 Å². The Morgan fingerprint density at radius 1 is 1.38 bits per heavy atom. The van der Waals surface area contributed by atoms with Crippen molar-refractivity contribution in [3.8, 4) is 11.5 Å². The summed E-state index contributed by atoms with van der Waals surface area (Å²) in [6, 6.07) is 8.82. The molecule has 0 fully saturated rings. The molecule has 0 atom stereocenters. The topological polar surface area (TPSA) is 96.2 Å². The van der Waals surface area contributed by atoms with Crippen molar-refractivity contribution in [2.45, 2.75) is 13.3 Å². The van der Waals surface area contributed by atoms with Gasteiger partial charge >= 0.3 is 11.7 Å². The van der Waals surface area contributed by atoms with Crippen LogP contribution in [0.1, 0.15) is 23.0 Å². The highest BCUT2D eigenvalue weighted by Crippen LogP contribution is 2.32. The average molecular weight is 284 g/mol. The standard InChI is InChI=1S/C15H12N2O4/c1-2-8-9-5-3-4-6-12(9)21-13(8)10-7-11(14(18)19)17-15(20)16-10/h3-7H,2H2,1H3,(H,18,19)(H,16,17,20). The van der Waals surface area contributed by atoms with Gasteiger partial charge in [-0.25, -0.2) is 9.59 Å². The predicted octanol–water partition coefficient (Wildman–Crippen LogP) is 2.44. The number of nitrogens with zero attached hydrogens (tertiary/aromatic N) is 1. The van der Waals surface area contributed by atoms with Crippen molar-refractivity contribution in [3.63, 3.8) is 0 Å². The third-order valence-electron chi connectivity index (χ3n) is 3.26. The van der Waals surface area contributed by atoms with Gasteiger partial charge in [0.2, 0.25) is 0 Å². The summed E-state index contributed by atoms with van der Waals surface area (Å²) in [4.78, 5) is 28.5. The lowest BCUT2D eigenvalue weighted by atomic mass is 10.1. The van der Waals surface area contributed by atoms with Gasteiger partial charge in [-0.05, 0) is 18.6 Å². The Morgan fingerprint density at radius 2 is 2.14 bits per heavy atom. The van der Waals surface area contributed by atoms with Gasteiger partial charge in [0.15, 0.2) is 11.5 Å². The number of hydrogen-bond donors (Lipinski definition) is 2. The molecule has 0 bridgehead atoms. The van der Waals surface area contributed by atoms with Crippen LogP contribution < -0.4 is 5.69 Å². The lowest BCUT2D eigenvalue weighted by Gasteiger charge is -2.01. The van der Waals surface area contributed by atoms with Gasteiger partial charge < -0.3 is 14.5 Å². The summed E-state index contributed by atoms with van der Waals surface area (Å²) in [5, 5.41) is 9.95. The van der Waals surface area contributed by atoms with E-state index in [0.29, 0.717) is 23.5 Å². The quantitative estimate of drug-likeness (QED) is 0.770. The Labute approximate surface area is 119 Å². The minimum absolute atomic E-state index is 0.309. The first kappa shape index (κ1) is 13.1. The van der Waals surface area contributed by atoms with Gasteiger partial charge in [0.05, 0.1) is 5.69 Å². The minimum Gasteiger partial charge on any atom is -0.477 e. The molecule has 2 heterocycles. The largest absolute Gasteiger partial charge is 0.477 e. The molecule has 0 saturated carbocycles. The third kappa shape index (κ3) is 2.20. The van der Waals surface area contributed by atoms with Gasteiger partial charge in [-0.3, -0.25) is 0 Å². The first-order chi connectivity index (χ1) is 10.1. The number of furan rings is 1. The first-order valence-electron chi connectivity index (χ1n) is 6.45. The number of aromatic amines is 1. The highest BCUT2D eigenvalue weighted by molar-refractivity contribution is 5.89. The van der Waals surface area contributed by atoms with Crippen molar-refractivity contribution < 1.29 is 14.3 Å². The molecular weight excluding hydrogens is 272 g/mol. The molecule has 0 amide bonds. The van der Waals surface area contributed by atoms with Gasteiger partial charge in [-0.15, -0.1) is 0 Å². The van der Waals surface area contributed by atoms with Crippen molar-refractivity contribution in [1.82, 2.24) is 9.97 Å². The summed E-state index contributed by atoms with van der Waals surface area (Å²) in [5.74, 6) is -0.780. The van der Waals surface area contributed by atoms with Crippen LogP contribution >= 0.6 is 0 Å². The van der Waals surface area contributed by atoms with E-state index in [1.54, 1.807) is 0 Å². The van der Waals surface area contributed by atoms with Crippen LogP contribution in [0.5, 0.6) is 0 Å². The van der Waals surface area contributed by atoms with E-state index >= 15 is 0 Å². The normalized spacial score (nSPS) is 10.9. The molecular formula is C15H12N2O4. The van der Waals surface area contributed by atoms with Crippen molar-refractivity contribution in [3.05, 3.63) is 52.1 Å². The van der Waals surface area contributed by atoms with Crippen molar-refractivity contribution in [2.24, 2.45) is 0 Å². The lowest BCUT2D eigenvalue weighted by molar-refractivity contribution is 0.0690. The first-order valence-corrected chi connectivity index (χ1v) is 6.45. The highest BCUT2D eigenvalue weighted by Gasteiger charge is 2.17. The Balaban J connectivity index is 2.30. The highest BCUT2D eigenvalue weighted by atomic mass is 16.4. The van der Waals surface area contributed by atoms with Crippen LogP contribution in [0.15, 0.2) is 39.5 Å². The second kappa shape index (κ2) is 4.90. The zero-order chi connectivity index (χ0) is 15.0. The molecule has 3 aromatic rings. The summed E-state index contributed by atoms with van der Waals surface area (Å²) in [7, 11) is 0. The number of aryl methyl sites for hydroxylation is 1. The Morgan fingerprint density at radius 3 is 2.86 bits per heavy atom. The van der Waals surface area contributed by atoms with Crippen LogP contribution in [0.4, 0.5) is 0 Å². The number of nitrogens with one attached hydrogen (secondary N) is 1. The van der Waals surface area contributed by atoms with E-state index in [4.69, 9.17) is 9.52 Å². The van der Waals surface area contributed by atoms with E-state index in [1.807, 2.05) is 31.2 Å². The van der Waals surface area contributed by atoms with Crippen molar-refractivity contribution >= 4 is 16.9 Å². The fraction of sp³-hybridized carbons (Fsp3) is 0.133. The number of benzene rings is 1. The SMILES string of the molecule is CCc1c(-c2cc(C(=O)O)nc(=O)[nH]2)oc2ccccc12. The fourth-order valence-corrected chi connectivity index (χ4v) is 2.36. The number of H-pyrrole nitrogens is 1. The van der Waals surface area contributed by atoms with E-state index in [0.717, 1.165) is 10.9 Å². The van der Waals surface area contributed by atoms with Crippen molar-refractivity contribution in [1.29, 1.82) is 0 Å². The second-order valence-electron chi connectivity index (χ2n) is 4.55. The molecule has 2 aromatic heterocycles. The summed E-state index contributed by atoms with van der Waals surface area (Å²) in [6.07, 6.45) is 0.694. The molecule has 0 radical (unpaired) electrons. The van der Waals surface area contributed by atoms with E-state index in [1.165, 1.54) is 6.07 Å². The molecule has 0 aliphatic carbocycles. The molecule has 0 aliphatic rings. The average Bonchev–Trinajstić information content (AvgIpc) is 2.85. The molecule has 1 aromatic carbocycles. The number of carboxylic acids is 1. The molecule has 21 heavy (non-hydrogen) atoms. The van der Waals surface area contributed by atoms with Gasteiger partial charge in [0.25, 0.3) is 0 Å². The Kier molecular flexibility index (Phi) is 3.06. The molecule has 0 saturated heterocycles. The summed E-state index contributed by atoms with van der Waals surface area (Å²) < 4.78 is 5.78. The Hall–Kier alpha value is -2.89. The summed E-state index contributed by atoms with van der Waals surface area (Å²) >= 11 is 0. The van der Waals surface area contributed by atoms with Crippen molar-refractivity contribution in [2.75, 3.05) is 0 Å². The molecule has 3 rings (SSSR count). The smallest absolute Gasteiger partial charge is 0.354 e. The Bertz CT molecular complexity index is 892. The summed E-state index contributed by atoms with van der Waals surface area (Å²) in [6.45, 7) is 1.97. The number of para-hydroxylation sites is 1. The molecule has 0 unspecified atom stereocenters. The fourth-order valence-electron chi connectivity index (χ4n) is 2.36. The number of aromatic carboxylic acids is 1. The van der Waals surface area contributed by atoms with Gasteiger partial charge in [0.1, 0.15) is 5.58 Å². The maximum Gasteiger partial charge on any atom is 0.354 e. The lowest BCUT2D eigenvalue weighted by Crippen LogP contribution is -2.16. The van der Waals surface area contributed by atoms with Crippen LogP contribution in [0.2, 0.25) is 0 Å². The van der Waals surface area contributed by atoms with Crippen LogP contribution in [-0.2, 0) is 6.42 Å². The minimum atomic E-state index is -1.25. The van der Waals surface area contributed by atoms with E-state index < -0.39 is 11.7 Å². The number of carbonyl (C=O) groups is 1. The maximum atomic E-state index is 11.5. The number of rotatable bonds is 3. The van der Waals surface area contributed by atoms with Crippen LogP contribution in [-0.4, -0.2) is 21.0 Å². The zero-order valence-corrected chi connectivity index (χ0v) is 11.2. The molecule has 0 aliphatic heterocycles. The molecule has 2 N–H and O–H groups in total. The number of hydrogen-bond acceptors (Lipinski definition) is 4.